The topological polar surface area (TPSA) is 121 Å². The Balaban J connectivity index is 2.74. The summed E-state index contributed by atoms with van der Waals surface area (Å²) >= 11 is 0. The number of sulfonamides is 1. The van der Waals surface area contributed by atoms with Gasteiger partial charge >= 0.3 is 5.97 Å². The third kappa shape index (κ3) is 3.50. The van der Waals surface area contributed by atoms with Crippen molar-refractivity contribution in [1.82, 2.24) is 9.62 Å². The smallest absolute Gasteiger partial charge is 0.303 e. The second-order valence-electron chi connectivity index (χ2n) is 3.95. The predicted molar refractivity (Wildman–Crippen MR) is 60.0 cm³/mol. The van der Waals surface area contributed by atoms with E-state index in [1.165, 1.54) is 6.92 Å². The van der Waals surface area contributed by atoms with E-state index in [0.717, 1.165) is 4.31 Å². The summed E-state index contributed by atoms with van der Waals surface area (Å²) in [6, 6.07) is -0.961. The van der Waals surface area contributed by atoms with Crippen LogP contribution in [-0.2, 0) is 24.4 Å². The van der Waals surface area contributed by atoms with Gasteiger partial charge in [-0.25, -0.2) is 8.42 Å². The number of nitrogens with one attached hydrogen (secondary N) is 1. The van der Waals surface area contributed by atoms with Gasteiger partial charge in [0.05, 0.1) is 12.3 Å². The maximum atomic E-state index is 11.9. The molecule has 1 unspecified atom stereocenters. The molecule has 1 rings (SSSR count). The fourth-order valence-corrected chi connectivity index (χ4v) is 3.19. The lowest BCUT2D eigenvalue weighted by atomic mass is 10.2. The fraction of sp³-hybridized carbons (Fsp3) is 0.667. The average Bonchev–Trinajstić information content (AvgIpc) is 2.22. The van der Waals surface area contributed by atoms with Crippen LogP contribution in [-0.4, -0.2) is 54.0 Å². The lowest BCUT2D eigenvalue weighted by Gasteiger charge is -2.30. The van der Waals surface area contributed by atoms with Crippen LogP contribution >= 0.6 is 0 Å². The lowest BCUT2D eigenvalue weighted by Crippen LogP contribution is -2.58. The van der Waals surface area contributed by atoms with Crippen molar-refractivity contribution in [2.45, 2.75) is 25.8 Å². The molecule has 1 saturated heterocycles. The van der Waals surface area contributed by atoms with Crippen LogP contribution in [0.4, 0.5) is 0 Å². The molecule has 18 heavy (non-hydrogen) atoms. The number of amides is 2. The quantitative estimate of drug-likeness (QED) is 0.592. The van der Waals surface area contributed by atoms with E-state index in [2.05, 4.69) is 0 Å². The van der Waals surface area contributed by atoms with E-state index in [9.17, 15) is 22.8 Å². The van der Waals surface area contributed by atoms with E-state index < -0.39 is 46.1 Å². The molecule has 1 aliphatic rings. The number of carboxylic acids is 1. The third-order valence-electron chi connectivity index (χ3n) is 2.52. The Morgan fingerprint density at radius 2 is 2.11 bits per heavy atom. The average molecular weight is 278 g/mol. The van der Waals surface area contributed by atoms with Gasteiger partial charge in [-0.3, -0.25) is 19.7 Å². The number of nitrogens with zero attached hydrogens (tertiary/aromatic N) is 1. The first kappa shape index (κ1) is 14.6. The first-order valence-corrected chi connectivity index (χ1v) is 6.90. The summed E-state index contributed by atoms with van der Waals surface area (Å²) in [6.45, 7) is 0.957. The molecule has 0 aromatic heterocycles. The van der Waals surface area contributed by atoms with Crippen LogP contribution in [0.3, 0.4) is 0 Å². The largest absolute Gasteiger partial charge is 0.481 e. The molecule has 1 aliphatic heterocycles. The van der Waals surface area contributed by atoms with E-state index in [0.29, 0.717) is 0 Å². The van der Waals surface area contributed by atoms with Gasteiger partial charge in [0.25, 0.3) is 0 Å². The van der Waals surface area contributed by atoms with E-state index in [1.54, 1.807) is 0 Å². The van der Waals surface area contributed by atoms with Crippen molar-refractivity contribution in [3.05, 3.63) is 0 Å². The number of imide groups is 1. The number of rotatable bonds is 5. The molecule has 102 valence electrons. The van der Waals surface area contributed by atoms with Crippen molar-refractivity contribution in [2.75, 3.05) is 12.3 Å². The highest BCUT2D eigenvalue weighted by molar-refractivity contribution is 7.89. The molecule has 0 bridgehead atoms. The maximum Gasteiger partial charge on any atom is 0.303 e. The first-order chi connectivity index (χ1) is 8.24. The number of hydrogen-bond acceptors (Lipinski definition) is 5. The SMILES string of the molecule is CC1C(=O)NC(=O)CN1S(=O)(=O)CCCC(=O)O. The van der Waals surface area contributed by atoms with Gasteiger partial charge in [0.15, 0.2) is 0 Å². The summed E-state index contributed by atoms with van der Waals surface area (Å²) in [4.78, 5) is 32.7. The molecular weight excluding hydrogens is 264 g/mol. The molecular formula is C9H14N2O6S. The van der Waals surface area contributed by atoms with E-state index in [1.807, 2.05) is 5.32 Å². The minimum absolute atomic E-state index is 0.0588. The fourth-order valence-electron chi connectivity index (χ4n) is 1.55. The molecule has 0 aliphatic carbocycles. The van der Waals surface area contributed by atoms with Gasteiger partial charge in [-0.1, -0.05) is 0 Å². The highest BCUT2D eigenvalue weighted by Crippen LogP contribution is 2.13. The summed E-state index contributed by atoms with van der Waals surface area (Å²) in [6.07, 6.45) is -0.335. The van der Waals surface area contributed by atoms with E-state index >= 15 is 0 Å². The van der Waals surface area contributed by atoms with E-state index in [-0.39, 0.29) is 12.8 Å². The molecule has 1 heterocycles. The van der Waals surface area contributed by atoms with Gasteiger partial charge in [0, 0.05) is 6.42 Å². The summed E-state index contributed by atoms with van der Waals surface area (Å²) < 4.78 is 24.5. The minimum Gasteiger partial charge on any atom is -0.481 e. The number of carbonyl (C=O) groups is 3. The molecule has 8 nitrogen and oxygen atoms in total. The van der Waals surface area contributed by atoms with Gasteiger partial charge in [-0.2, -0.15) is 4.31 Å². The number of carboxylic acid groups (broad SMARTS) is 1. The maximum absolute atomic E-state index is 11.9. The second kappa shape index (κ2) is 5.44. The zero-order valence-electron chi connectivity index (χ0n) is 9.75. The zero-order valence-corrected chi connectivity index (χ0v) is 10.6. The van der Waals surface area contributed by atoms with Gasteiger partial charge in [-0.15, -0.1) is 0 Å². The standard InChI is InChI=1S/C9H14N2O6S/c1-6-9(15)10-7(12)5-11(6)18(16,17)4-2-3-8(13)14/h6H,2-5H2,1H3,(H,13,14)(H,10,12,15). The number of piperazine rings is 1. The van der Waals surface area contributed by atoms with Crippen molar-refractivity contribution in [2.24, 2.45) is 0 Å². The van der Waals surface area contributed by atoms with Crippen molar-refractivity contribution in [3.63, 3.8) is 0 Å². The molecule has 1 fully saturated rings. The van der Waals surface area contributed by atoms with Crippen LogP contribution in [0.15, 0.2) is 0 Å². The summed E-state index contributed by atoms with van der Waals surface area (Å²) in [5.41, 5.74) is 0. The summed E-state index contributed by atoms with van der Waals surface area (Å²) in [5, 5.41) is 10.5. The van der Waals surface area contributed by atoms with Gasteiger partial charge in [0.2, 0.25) is 21.8 Å². The van der Waals surface area contributed by atoms with Crippen LogP contribution in [0.25, 0.3) is 0 Å². The van der Waals surface area contributed by atoms with Crippen LogP contribution < -0.4 is 5.32 Å². The van der Waals surface area contributed by atoms with Gasteiger partial charge < -0.3 is 5.11 Å². The lowest BCUT2D eigenvalue weighted by molar-refractivity contribution is -0.138. The van der Waals surface area contributed by atoms with Crippen molar-refractivity contribution in [3.8, 4) is 0 Å². The summed E-state index contributed by atoms with van der Waals surface area (Å²) in [7, 11) is -3.81. The van der Waals surface area contributed by atoms with Gasteiger partial charge in [-0.05, 0) is 13.3 Å². The second-order valence-corrected chi connectivity index (χ2v) is 5.99. The Morgan fingerprint density at radius 3 is 2.67 bits per heavy atom. The van der Waals surface area contributed by atoms with Crippen LogP contribution in [0.2, 0.25) is 0 Å². The highest BCUT2D eigenvalue weighted by Gasteiger charge is 2.37. The Bertz CT molecular complexity index is 471. The minimum atomic E-state index is -3.81. The number of aliphatic carboxylic acids is 1. The Morgan fingerprint density at radius 1 is 1.50 bits per heavy atom. The normalized spacial score (nSPS) is 21.7. The number of hydrogen-bond donors (Lipinski definition) is 2. The Kier molecular flexibility index (Phi) is 4.41. The van der Waals surface area contributed by atoms with Crippen molar-refractivity contribution >= 4 is 27.8 Å². The van der Waals surface area contributed by atoms with Crippen LogP contribution in [0.1, 0.15) is 19.8 Å². The van der Waals surface area contributed by atoms with Crippen molar-refractivity contribution in [1.29, 1.82) is 0 Å². The molecule has 9 heteroatoms. The van der Waals surface area contributed by atoms with Crippen LogP contribution in [0.5, 0.6) is 0 Å². The Labute approximate surface area is 104 Å². The van der Waals surface area contributed by atoms with Gasteiger partial charge in [0.1, 0.15) is 6.04 Å². The third-order valence-corrected chi connectivity index (χ3v) is 4.49. The molecule has 2 N–H and O–H groups in total. The molecule has 0 aromatic carbocycles. The number of carbonyl (C=O) groups excluding carboxylic acids is 2. The Hall–Kier alpha value is -1.48. The van der Waals surface area contributed by atoms with Crippen LogP contribution in [0, 0.1) is 0 Å². The molecule has 0 spiro atoms. The monoisotopic (exact) mass is 278 g/mol. The molecule has 2 amide bonds. The summed E-state index contributed by atoms with van der Waals surface area (Å²) in [5.74, 6) is -2.84. The molecule has 0 saturated carbocycles. The molecule has 0 radical (unpaired) electrons. The van der Waals surface area contributed by atoms with E-state index in [4.69, 9.17) is 5.11 Å². The molecule has 1 atom stereocenters. The highest BCUT2D eigenvalue weighted by atomic mass is 32.2. The zero-order chi connectivity index (χ0) is 13.9. The predicted octanol–water partition coefficient (Wildman–Crippen LogP) is -1.47. The molecule has 0 aromatic rings. The van der Waals surface area contributed by atoms with Crippen molar-refractivity contribution < 1.29 is 27.9 Å². The first-order valence-electron chi connectivity index (χ1n) is 5.29.